The average Bonchev–Trinajstić information content (AvgIpc) is 2.92. The van der Waals surface area contributed by atoms with Crippen molar-refractivity contribution in [2.45, 2.75) is 25.7 Å². The van der Waals surface area contributed by atoms with Crippen molar-refractivity contribution in [2.24, 2.45) is 0 Å². The standard InChI is InChI=1S/C16H17BrN2O2S/c17-12-6-4-11(5-7-12)15-13(10-14(20)21)22-16(18-15)19-8-2-1-3-9-19/h4-7H,1-3,8-10H2,(H,20,21). The summed E-state index contributed by atoms with van der Waals surface area (Å²) in [6.45, 7) is 2.03. The molecule has 1 saturated heterocycles. The van der Waals surface area contributed by atoms with Crippen LogP contribution in [0, 0.1) is 0 Å². The number of aromatic nitrogens is 1. The molecular weight excluding hydrogens is 364 g/mol. The maximum absolute atomic E-state index is 11.1. The molecule has 3 rings (SSSR count). The fourth-order valence-electron chi connectivity index (χ4n) is 2.65. The lowest BCUT2D eigenvalue weighted by Gasteiger charge is -2.25. The first-order chi connectivity index (χ1) is 10.6. The van der Waals surface area contributed by atoms with Crippen LogP contribution in [0.5, 0.6) is 0 Å². The Balaban J connectivity index is 1.96. The van der Waals surface area contributed by atoms with Gasteiger partial charge in [-0.2, -0.15) is 0 Å². The molecule has 22 heavy (non-hydrogen) atoms. The molecule has 0 saturated carbocycles. The maximum atomic E-state index is 11.1. The molecule has 1 aromatic heterocycles. The number of aliphatic carboxylic acids is 1. The van der Waals surface area contributed by atoms with Gasteiger partial charge in [-0.3, -0.25) is 4.79 Å². The summed E-state index contributed by atoms with van der Waals surface area (Å²) in [7, 11) is 0. The molecule has 1 fully saturated rings. The van der Waals surface area contributed by atoms with E-state index in [0.717, 1.165) is 38.8 Å². The Hall–Kier alpha value is -1.40. The number of nitrogens with zero attached hydrogens (tertiary/aromatic N) is 2. The lowest BCUT2D eigenvalue weighted by Crippen LogP contribution is -2.29. The summed E-state index contributed by atoms with van der Waals surface area (Å²) < 4.78 is 1.00. The summed E-state index contributed by atoms with van der Waals surface area (Å²) in [5.41, 5.74) is 1.78. The lowest BCUT2D eigenvalue weighted by atomic mass is 10.1. The fraction of sp³-hybridized carbons (Fsp3) is 0.375. The van der Waals surface area contributed by atoms with E-state index < -0.39 is 5.97 Å². The van der Waals surface area contributed by atoms with Crippen molar-refractivity contribution in [3.63, 3.8) is 0 Å². The third-order valence-electron chi connectivity index (χ3n) is 3.74. The van der Waals surface area contributed by atoms with Crippen molar-refractivity contribution >= 4 is 38.4 Å². The topological polar surface area (TPSA) is 53.4 Å². The molecule has 0 aliphatic carbocycles. The SMILES string of the molecule is O=C(O)Cc1sc(N2CCCCC2)nc1-c1ccc(Br)cc1. The molecule has 0 bridgehead atoms. The third kappa shape index (κ3) is 3.50. The number of thiazole rings is 1. The molecule has 0 atom stereocenters. The summed E-state index contributed by atoms with van der Waals surface area (Å²) in [6, 6.07) is 7.87. The van der Waals surface area contributed by atoms with Crippen LogP contribution in [0.1, 0.15) is 24.1 Å². The van der Waals surface area contributed by atoms with E-state index in [1.54, 1.807) is 0 Å². The molecule has 0 amide bonds. The van der Waals surface area contributed by atoms with Gasteiger partial charge in [0.2, 0.25) is 0 Å². The quantitative estimate of drug-likeness (QED) is 0.863. The predicted molar refractivity (Wildman–Crippen MR) is 92.7 cm³/mol. The molecule has 0 spiro atoms. The zero-order valence-corrected chi connectivity index (χ0v) is 14.5. The second kappa shape index (κ2) is 6.79. The molecule has 1 N–H and O–H groups in total. The van der Waals surface area contributed by atoms with E-state index in [1.807, 2.05) is 24.3 Å². The van der Waals surface area contributed by atoms with Gasteiger partial charge in [0.25, 0.3) is 0 Å². The molecule has 116 valence electrons. The van der Waals surface area contributed by atoms with Gasteiger partial charge in [-0.05, 0) is 31.4 Å². The first kappa shape index (κ1) is 15.5. The van der Waals surface area contributed by atoms with Crippen LogP contribution in [0.2, 0.25) is 0 Å². The van der Waals surface area contributed by atoms with Crippen molar-refractivity contribution in [3.8, 4) is 11.3 Å². The van der Waals surface area contributed by atoms with Crippen LogP contribution < -0.4 is 4.90 Å². The number of anilines is 1. The summed E-state index contributed by atoms with van der Waals surface area (Å²) in [5.74, 6) is -0.813. The molecular formula is C16H17BrN2O2S. The number of benzene rings is 1. The number of hydrogen-bond acceptors (Lipinski definition) is 4. The molecule has 2 heterocycles. The van der Waals surface area contributed by atoms with Crippen LogP contribution >= 0.6 is 27.3 Å². The summed E-state index contributed by atoms with van der Waals surface area (Å²) >= 11 is 4.94. The van der Waals surface area contributed by atoms with E-state index in [2.05, 4.69) is 20.8 Å². The van der Waals surface area contributed by atoms with Crippen molar-refractivity contribution in [3.05, 3.63) is 33.6 Å². The predicted octanol–water partition coefficient (Wildman–Crippen LogP) is 4.19. The van der Waals surface area contributed by atoms with Crippen LogP contribution in [-0.2, 0) is 11.2 Å². The minimum atomic E-state index is -0.813. The van der Waals surface area contributed by atoms with Crippen LogP contribution in [-0.4, -0.2) is 29.1 Å². The van der Waals surface area contributed by atoms with Gasteiger partial charge in [0, 0.05) is 28.0 Å². The maximum Gasteiger partial charge on any atom is 0.308 e. The highest BCUT2D eigenvalue weighted by Crippen LogP contribution is 2.35. The second-order valence-corrected chi connectivity index (χ2v) is 7.37. The van der Waals surface area contributed by atoms with Gasteiger partial charge in [-0.1, -0.05) is 28.1 Å². The van der Waals surface area contributed by atoms with E-state index in [9.17, 15) is 4.79 Å². The Labute approximate surface area is 141 Å². The highest BCUT2D eigenvalue weighted by molar-refractivity contribution is 9.10. The van der Waals surface area contributed by atoms with Gasteiger partial charge in [0.05, 0.1) is 12.1 Å². The number of carboxylic acids is 1. The molecule has 1 aliphatic rings. The second-order valence-electron chi connectivity index (χ2n) is 5.39. The Kier molecular flexibility index (Phi) is 4.78. The molecule has 1 aliphatic heterocycles. The summed E-state index contributed by atoms with van der Waals surface area (Å²) in [5, 5.41) is 10.1. The van der Waals surface area contributed by atoms with Crippen molar-refractivity contribution < 1.29 is 9.90 Å². The molecule has 2 aromatic rings. The normalized spacial score (nSPS) is 15.0. The highest BCUT2D eigenvalue weighted by atomic mass is 79.9. The van der Waals surface area contributed by atoms with Crippen LogP contribution in [0.3, 0.4) is 0 Å². The van der Waals surface area contributed by atoms with Crippen molar-refractivity contribution in [1.82, 2.24) is 4.98 Å². The van der Waals surface area contributed by atoms with Crippen molar-refractivity contribution in [2.75, 3.05) is 18.0 Å². The largest absolute Gasteiger partial charge is 0.481 e. The fourth-order valence-corrected chi connectivity index (χ4v) is 4.04. The van der Waals surface area contributed by atoms with E-state index in [-0.39, 0.29) is 6.42 Å². The minimum absolute atomic E-state index is 0.0247. The van der Waals surface area contributed by atoms with E-state index in [1.165, 1.54) is 30.6 Å². The Bertz CT molecular complexity index is 663. The third-order valence-corrected chi connectivity index (χ3v) is 5.39. The Morgan fingerprint density at radius 2 is 1.91 bits per heavy atom. The molecule has 1 aromatic carbocycles. The monoisotopic (exact) mass is 380 g/mol. The van der Waals surface area contributed by atoms with Crippen LogP contribution in [0.15, 0.2) is 28.7 Å². The first-order valence-electron chi connectivity index (χ1n) is 7.36. The highest BCUT2D eigenvalue weighted by Gasteiger charge is 2.20. The van der Waals surface area contributed by atoms with Gasteiger partial charge in [-0.25, -0.2) is 4.98 Å². The number of carboxylic acid groups (broad SMARTS) is 1. The van der Waals surface area contributed by atoms with Crippen LogP contribution in [0.4, 0.5) is 5.13 Å². The molecule has 6 heteroatoms. The van der Waals surface area contributed by atoms with Gasteiger partial charge in [0.15, 0.2) is 5.13 Å². The molecule has 0 unspecified atom stereocenters. The summed E-state index contributed by atoms with van der Waals surface area (Å²) in [4.78, 5) is 19.0. The number of piperidine rings is 1. The van der Waals surface area contributed by atoms with Gasteiger partial charge in [0.1, 0.15) is 0 Å². The first-order valence-corrected chi connectivity index (χ1v) is 8.97. The number of carbonyl (C=O) groups is 1. The zero-order chi connectivity index (χ0) is 15.5. The minimum Gasteiger partial charge on any atom is -0.481 e. The van der Waals surface area contributed by atoms with Crippen molar-refractivity contribution in [1.29, 1.82) is 0 Å². The Morgan fingerprint density at radius 3 is 2.55 bits per heavy atom. The van der Waals surface area contributed by atoms with E-state index in [0.29, 0.717) is 0 Å². The average molecular weight is 381 g/mol. The van der Waals surface area contributed by atoms with Gasteiger partial charge in [-0.15, -0.1) is 11.3 Å². The number of rotatable bonds is 4. The lowest BCUT2D eigenvalue weighted by molar-refractivity contribution is -0.136. The Morgan fingerprint density at radius 1 is 1.23 bits per heavy atom. The van der Waals surface area contributed by atoms with Gasteiger partial charge >= 0.3 is 5.97 Å². The molecule has 4 nitrogen and oxygen atoms in total. The van der Waals surface area contributed by atoms with E-state index in [4.69, 9.17) is 10.1 Å². The number of halogens is 1. The molecule has 0 radical (unpaired) electrons. The van der Waals surface area contributed by atoms with E-state index >= 15 is 0 Å². The van der Waals surface area contributed by atoms with Crippen LogP contribution in [0.25, 0.3) is 11.3 Å². The zero-order valence-electron chi connectivity index (χ0n) is 12.1. The smallest absolute Gasteiger partial charge is 0.308 e. The summed E-state index contributed by atoms with van der Waals surface area (Å²) in [6.07, 6.45) is 3.66. The number of hydrogen-bond donors (Lipinski definition) is 1. The van der Waals surface area contributed by atoms with Gasteiger partial charge < -0.3 is 10.0 Å².